The van der Waals surface area contributed by atoms with Crippen molar-refractivity contribution in [3.63, 3.8) is 0 Å². The van der Waals surface area contributed by atoms with Crippen molar-refractivity contribution in [1.82, 2.24) is 20.4 Å². The predicted molar refractivity (Wildman–Crippen MR) is 209 cm³/mol. The van der Waals surface area contributed by atoms with Gasteiger partial charge in [-0.05, 0) is 60.0 Å². The van der Waals surface area contributed by atoms with Gasteiger partial charge < -0.3 is 40.8 Å². The third kappa shape index (κ3) is 11.2. The van der Waals surface area contributed by atoms with Crippen LogP contribution in [-0.4, -0.2) is 75.8 Å². The monoisotopic (exact) mass is 802 g/mol. The fraction of sp³-hybridized carbons (Fsp3) is 0.447. The summed E-state index contributed by atoms with van der Waals surface area (Å²) in [7, 11) is 0. The molecule has 2 aromatic heterocycles. The van der Waals surface area contributed by atoms with E-state index in [1.807, 2.05) is 62.7 Å². The van der Waals surface area contributed by atoms with Crippen molar-refractivity contribution in [1.29, 1.82) is 0 Å². The normalized spacial score (nSPS) is 16.5. The molecular formula is C38H48Cl2N6O7S. The molecule has 292 valence electrons. The predicted octanol–water partition coefficient (Wildman–Crippen LogP) is 5.18. The van der Waals surface area contributed by atoms with E-state index in [2.05, 4.69) is 15.5 Å². The number of nitrogens with zero attached hydrogens (tertiary/aromatic N) is 3. The van der Waals surface area contributed by atoms with Gasteiger partial charge in [0.15, 0.2) is 5.76 Å². The second kappa shape index (κ2) is 19.9. The quantitative estimate of drug-likeness (QED) is 0.0974. The molecule has 2 aromatic carbocycles. The first kappa shape index (κ1) is 42.5. The van der Waals surface area contributed by atoms with Gasteiger partial charge in [-0.1, -0.05) is 61.8 Å². The van der Waals surface area contributed by atoms with Gasteiger partial charge in [0.2, 0.25) is 17.7 Å². The van der Waals surface area contributed by atoms with E-state index in [0.29, 0.717) is 42.4 Å². The summed E-state index contributed by atoms with van der Waals surface area (Å²) >= 11 is 8.17. The fourth-order valence-corrected chi connectivity index (χ4v) is 7.36. The van der Waals surface area contributed by atoms with Gasteiger partial charge >= 0.3 is 0 Å². The number of halogens is 2. The molecule has 0 spiro atoms. The Bertz CT molecular complexity index is 1850. The zero-order chi connectivity index (χ0) is 38.1. The molecule has 1 saturated heterocycles. The number of aliphatic hydroxyl groups is 1. The molecule has 5 rings (SSSR count). The van der Waals surface area contributed by atoms with E-state index in [4.69, 9.17) is 37.1 Å². The lowest BCUT2D eigenvalue weighted by atomic mass is 9.91. The summed E-state index contributed by atoms with van der Waals surface area (Å²) in [5, 5.41) is 18.0. The van der Waals surface area contributed by atoms with Crippen molar-refractivity contribution >= 4 is 53.1 Å². The average molecular weight is 804 g/mol. The minimum absolute atomic E-state index is 0. The summed E-state index contributed by atoms with van der Waals surface area (Å²) in [4.78, 5) is 45.2. The number of thiazole rings is 1. The number of aromatic nitrogens is 2. The highest BCUT2D eigenvalue weighted by molar-refractivity contribution is 7.13. The van der Waals surface area contributed by atoms with Crippen LogP contribution in [0.1, 0.15) is 68.0 Å². The summed E-state index contributed by atoms with van der Waals surface area (Å²) in [5.74, 6) is -0.946. The van der Waals surface area contributed by atoms with Crippen molar-refractivity contribution in [3.8, 4) is 22.1 Å². The second-order valence-corrected chi connectivity index (χ2v) is 14.9. The van der Waals surface area contributed by atoms with Crippen LogP contribution in [0.4, 0.5) is 0 Å². The molecule has 3 heterocycles. The van der Waals surface area contributed by atoms with Crippen LogP contribution in [0.2, 0.25) is 5.02 Å². The van der Waals surface area contributed by atoms with Crippen LogP contribution >= 0.6 is 35.3 Å². The van der Waals surface area contributed by atoms with Gasteiger partial charge in [0, 0.05) is 38.0 Å². The van der Waals surface area contributed by atoms with Crippen LogP contribution < -0.4 is 26.3 Å². The lowest BCUT2D eigenvalue weighted by Crippen LogP contribution is -2.48. The zero-order valence-corrected chi connectivity index (χ0v) is 32.9. The van der Waals surface area contributed by atoms with Gasteiger partial charge in [-0.3, -0.25) is 14.4 Å². The number of hydrogen-bond acceptors (Lipinski definition) is 11. The number of β-amino-alcohol motifs (C(OH)–C–C–N with tert-alkyl or cyclic N) is 1. The first-order chi connectivity index (χ1) is 25.4. The molecule has 4 aromatic rings. The minimum Gasteiger partial charge on any atom is -0.490 e. The highest BCUT2D eigenvalue weighted by atomic mass is 35.5. The number of primary amides is 1. The van der Waals surface area contributed by atoms with Crippen LogP contribution in [-0.2, 0) is 27.3 Å². The van der Waals surface area contributed by atoms with Gasteiger partial charge in [0.25, 0.3) is 5.88 Å². The van der Waals surface area contributed by atoms with Crippen LogP contribution in [0.25, 0.3) is 10.4 Å². The van der Waals surface area contributed by atoms with Crippen molar-refractivity contribution in [2.75, 3.05) is 19.8 Å². The van der Waals surface area contributed by atoms with E-state index in [9.17, 15) is 19.5 Å². The van der Waals surface area contributed by atoms with E-state index in [-0.39, 0.29) is 74.6 Å². The summed E-state index contributed by atoms with van der Waals surface area (Å²) in [6, 6.07) is 13.8. The zero-order valence-electron chi connectivity index (χ0n) is 30.5. The molecule has 13 nitrogen and oxygen atoms in total. The number of ether oxygens (including phenoxy) is 2. The molecule has 54 heavy (non-hydrogen) atoms. The highest BCUT2D eigenvalue weighted by Crippen LogP contribution is 2.33. The highest BCUT2D eigenvalue weighted by Gasteiger charge is 2.43. The summed E-state index contributed by atoms with van der Waals surface area (Å²) in [5.41, 5.74) is 16.8. The van der Waals surface area contributed by atoms with Crippen molar-refractivity contribution < 1.29 is 33.5 Å². The maximum absolute atomic E-state index is 14.0. The topological polar surface area (TPSA) is 196 Å². The molecule has 1 aliphatic heterocycles. The van der Waals surface area contributed by atoms with Crippen LogP contribution in [0.15, 0.2) is 58.6 Å². The number of nitrogens with two attached hydrogens (primary N) is 2. The molecule has 0 saturated carbocycles. The molecule has 1 fully saturated rings. The number of carbonyl (C=O) groups is 3. The molecule has 0 bridgehead atoms. The number of rotatable bonds is 18. The first-order valence-electron chi connectivity index (χ1n) is 17.7. The molecule has 16 heteroatoms. The van der Waals surface area contributed by atoms with E-state index >= 15 is 0 Å². The number of aliphatic hydroxyl groups excluding tert-OH is 1. The summed E-state index contributed by atoms with van der Waals surface area (Å²) in [6.07, 6.45) is 1.12. The first-order valence-corrected chi connectivity index (χ1v) is 19.0. The lowest BCUT2D eigenvalue weighted by Gasteiger charge is -2.28. The van der Waals surface area contributed by atoms with Crippen molar-refractivity contribution in [3.05, 3.63) is 81.6 Å². The molecule has 0 radical (unpaired) electrons. The molecule has 1 aliphatic rings. The standard InChI is InChI=1S/C38H47ClN6O7S.ClH/c1-22(2)34(31-17-33(44-52-31)50-15-5-7-25-6-4-8-30(35(25)39)51-20-27(40)13-14-32(41)47)38(49)45-19-28(46)16-29(45)37(48)42-18-24-9-11-26(12-10-24)36-23(3)43-21-53-36;/h4,6,8-12,17,21-22,27-29,34,46H,5,7,13-16,18-20,40H2,1-3H3,(H2,41,47)(H,42,48);1H/t27-,28?,29?,34?;/m0./s1. The Kier molecular flexibility index (Phi) is 15.7. The third-order valence-electron chi connectivity index (χ3n) is 9.14. The number of likely N-dealkylation sites (tertiary alicyclic amines) is 1. The number of amides is 3. The summed E-state index contributed by atoms with van der Waals surface area (Å²) in [6.45, 7) is 6.58. The molecule has 0 aliphatic carbocycles. The Labute approximate surface area is 330 Å². The number of carbonyl (C=O) groups excluding carboxylic acids is 3. The Morgan fingerprint density at radius 1 is 1.17 bits per heavy atom. The Balaban J connectivity index is 0.00000650. The molecule has 6 N–H and O–H groups in total. The van der Waals surface area contributed by atoms with Crippen molar-refractivity contribution in [2.24, 2.45) is 17.4 Å². The van der Waals surface area contributed by atoms with Crippen LogP contribution in [0.3, 0.4) is 0 Å². The van der Waals surface area contributed by atoms with Crippen LogP contribution in [0, 0.1) is 12.8 Å². The fourth-order valence-electron chi connectivity index (χ4n) is 6.27. The van der Waals surface area contributed by atoms with E-state index < -0.39 is 24.0 Å². The number of aryl methyl sites for hydroxylation is 2. The van der Waals surface area contributed by atoms with Crippen molar-refractivity contribution in [2.45, 2.75) is 83.5 Å². The van der Waals surface area contributed by atoms with E-state index in [1.165, 1.54) is 4.90 Å². The third-order valence-corrected chi connectivity index (χ3v) is 10.5. The maximum Gasteiger partial charge on any atom is 0.254 e. The van der Waals surface area contributed by atoms with Gasteiger partial charge in [-0.25, -0.2) is 4.98 Å². The largest absolute Gasteiger partial charge is 0.490 e. The van der Waals surface area contributed by atoms with Gasteiger partial charge in [0.05, 0.1) is 33.8 Å². The number of nitrogens with one attached hydrogen (secondary N) is 1. The summed E-state index contributed by atoms with van der Waals surface area (Å²) < 4.78 is 17.3. The lowest BCUT2D eigenvalue weighted by molar-refractivity contribution is -0.141. The Morgan fingerprint density at radius 3 is 2.61 bits per heavy atom. The van der Waals surface area contributed by atoms with Crippen LogP contribution in [0.5, 0.6) is 11.6 Å². The second-order valence-electron chi connectivity index (χ2n) is 13.6. The van der Waals surface area contributed by atoms with E-state index in [0.717, 1.165) is 27.3 Å². The molecule has 3 unspecified atom stereocenters. The molecule has 4 atom stereocenters. The molecule has 3 amide bonds. The maximum atomic E-state index is 14.0. The smallest absolute Gasteiger partial charge is 0.254 e. The van der Waals surface area contributed by atoms with E-state index in [1.54, 1.807) is 23.5 Å². The van der Waals surface area contributed by atoms with Gasteiger partial charge in [-0.2, -0.15) is 0 Å². The average Bonchev–Trinajstić information content (AvgIpc) is 3.88. The minimum atomic E-state index is -0.829. The Morgan fingerprint density at radius 2 is 1.93 bits per heavy atom. The van der Waals surface area contributed by atoms with Gasteiger partial charge in [-0.15, -0.1) is 23.7 Å². The SMILES string of the molecule is Cc1ncsc1-c1ccc(CNC(=O)C2CC(O)CN2C(=O)C(c2cc(OCCCc3cccc(OC[C@@H](N)CCC(N)=O)c3Cl)no2)C(C)C)cc1.Cl. The molecular weight excluding hydrogens is 755 g/mol. The number of benzene rings is 2. The van der Waals surface area contributed by atoms with Gasteiger partial charge in [0.1, 0.15) is 24.3 Å². The Hall–Kier alpha value is -4.21. The number of hydrogen-bond donors (Lipinski definition) is 4.